The average molecular weight is 224 g/mol. The summed E-state index contributed by atoms with van der Waals surface area (Å²) < 4.78 is 1.78. The monoisotopic (exact) mass is 224 g/mol. The van der Waals surface area contributed by atoms with E-state index in [0.29, 0.717) is 6.54 Å². The van der Waals surface area contributed by atoms with E-state index in [1.807, 2.05) is 26.2 Å². The number of hydrogen-bond donors (Lipinski definition) is 2. The molecule has 0 bridgehead atoms. The molecule has 0 aliphatic carbocycles. The number of nitrogens with one attached hydrogen (secondary N) is 2. The first-order chi connectivity index (χ1) is 7.72. The van der Waals surface area contributed by atoms with Crippen LogP contribution in [0.15, 0.2) is 12.3 Å². The summed E-state index contributed by atoms with van der Waals surface area (Å²) in [6.45, 7) is 3.94. The van der Waals surface area contributed by atoms with Gasteiger partial charge in [-0.15, -0.1) is 0 Å². The first-order valence-electron chi connectivity index (χ1n) is 5.68. The van der Waals surface area contributed by atoms with Crippen molar-refractivity contribution in [1.82, 2.24) is 20.4 Å². The van der Waals surface area contributed by atoms with Crippen molar-refractivity contribution >= 4 is 5.91 Å². The number of carbonyl (C=O) groups excluding carboxylic acids is 1. The molecule has 0 saturated carbocycles. The van der Waals surface area contributed by atoms with Gasteiger partial charge in [-0.3, -0.25) is 9.48 Å². The van der Waals surface area contributed by atoms with Gasteiger partial charge in [-0.1, -0.05) is 6.92 Å². The fourth-order valence-electron chi connectivity index (χ4n) is 1.34. The van der Waals surface area contributed by atoms with Gasteiger partial charge >= 0.3 is 0 Å². The number of carbonyl (C=O) groups is 1. The lowest BCUT2D eigenvalue weighted by Crippen LogP contribution is -2.35. The molecule has 90 valence electrons. The Hall–Kier alpha value is -1.36. The van der Waals surface area contributed by atoms with E-state index in [9.17, 15) is 4.79 Å². The zero-order chi connectivity index (χ0) is 11.8. The summed E-state index contributed by atoms with van der Waals surface area (Å²) in [5.74, 6) is 0.0582. The minimum absolute atomic E-state index is 0.0582. The molecule has 1 aromatic heterocycles. The van der Waals surface area contributed by atoms with E-state index in [1.54, 1.807) is 4.68 Å². The Morgan fingerprint density at radius 1 is 1.50 bits per heavy atom. The van der Waals surface area contributed by atoms with Crippen molar-refractivity contribution in [2.75, 3.05) is 19.6 Å². The van der Waals surface area contributed by atoms with Crippen molar-refractivity contribution in [3.05, 3.63) is 18.0 Å². The molecule has 1 rings (SSSR count). The molecule has 0 saturated heterocycles. The fourth-order valence-corrected chi connectivity index (χ4v) is 1.34. The van der Waals surface area contributed by atoms with Crippen LogP contribution >= 0.6 is 0 Å². The molecule has 0 fully saturated rings. The number of amides is 1. The molecule has 0 unspecified atom stereocenters. The third kappa shape index (κ3) is 4.93. The highest BCUT2D eigenvalue weighted by molar-refractivity contribution is 5.77. The van der Waals surface area contributed by atoms with Crippen LogP contribution in [-0.2, 0) is 18.3 Å². The topological polar surface area (TPSA) is 59.0 Å². The minimum Gasteiger partial charge on any atom is -0.355 e. The summed E-state index contributed by atoms with van der Waals surface area (Å²) in [4.78, 5) is 11.2. The normalized spacial score (nSPS) is 10.4. The number of nitrogens with zero attached hydrogens (tertiary/aromatic N) is 2. The Bertz CT molecular complexity index is 322. The Balaban J connectivity index is 2.05. The molecule has 1 heterocycles. The number of aryl methyl sites for hydroxylation is 1. The van der Waals surface area contributed by atoms with Crippen molar-refractivity contribution in [1.29, 1.82) is 0 Å². The largest absolute Gasteiger partial charge is 0.355 e. The van der Waals surface area contributed by atoms with E-state index in [0.717, 1.165) is 31.6 Å². The highest BCUT2D eigenvalue weighted by Gasteiger charge is 2.00. The highest BCUT2D eigenvalue weighted by atomic mass is 16.1. The molecule has 0 radical (unpaired) electrons. The molecule has 0 aliphatic rings. The molecule has 0 aromatic carbocycles. The van der Waals surface area contributed by atoms with Crippen LogP contribution in [0, 0.1) is 0 Å². The maximum absolute atomic E-state index is 11.2. The summed E-state index contributed by atoms with van der Waals surface area (Å²) in [6.07, 6.45) is 3.74. The Morgan fingerprint density at radius 3 is 2.94 bits per heavy atom. The SMILES string of the molecule is CCCNC(=O)CNCCc1ccn(C)n1. The van der Waals surface area contributed by atoms with Crippen LogP contribution in [0.1, 0.15) is 19.0 Å². The van der Waals surface area contributed by atoms with Crippen molar-refractivity contribution in [2.45, 2.75) is 19.8 Å². The van der Waals surface area contributed by atoms with Gasteiger partial charge in [-0.2, -0.15) is 5.10 Å². The predicted molar refractivity (Wildman–Crippen MR) is 63.1 cm³/mol. The molecule has 2 N–H and O–H groups in total. The zero-order valence-electron chi connectivity index (χ0n) is 9.99. The van der Waals surface area contributed by atoms with E-state index < -0.39 is 0 Å². The zero-order valence-corrected chi connectivity index (χ0v) is 9.99. The van der Waals surface area contributed by atoms with Crippen molar-refractivity contribution in [2.24, 2.45) is 7.05 Å². The summed E-state index contributed by atoms with van der Waals surface area (Å²) >= 11 is 0. The second kappa shape index (κ2) is 7.00. The lowest BCUT2D eigenvalue weighted by atomic mass is 10.3. The molecule has 1 amide bonds. The third-order valence-electron chi connectivity index (χ3n) is 2.18. The molecule has 0 aliphatic heterocycles. The maximum atomic E-state index is 11.2. The Kier molecular flexibility index (Phi) is 5.56. The van der Waals surface area contributed by atoms with Gasteiger partial charge in [0.2, 0.25) is 5.91 Å². The Morgan fingerprint density at radius 2 is 2.31 bits per heavy atom. The van der Waals surface area contributed by atoms with E-state index in [1.165, 1.54) is 0 Å². The summed E-state index contributed by atoms with van der Waals surface area (Å²) in [5, 5.41) is 10.2. The molecule has 16 heavy (non-hydrogen) atoms. The second-order valence-electron chi connectivity index (χ2n) is 3.76. The van der Waals surface area contributed by atoms with Crippen LogP contribution in [0.25, 0.3) is 0 Å². The lowest BCUT2D eigenvalue weighted by Gasteiger charge is -2.04. The molecule has 0 atom stereocenters. The maximum Gasteiger partial charge on any atom is 0.233 e. The van der Waals surface area contributed by atoms with Crippen LogP contribution in [0.2, 0.25) is 0 Å². The van der Waals surface area contributed by atoms with Gasteiger partial charge in [0.15, 0.2) is 0 Å². The predicted octanol–water partition coefficient (Wildman–Crippen LogP) is 0.0784. The highest BCUT2D eigenvalue weighted by Crippen LogP contribution is 1.93. The van der Waals surface area contributed by atoms with E-state index in [2.05, 4.69) is 15.7 Å². The van der Waals surface area contributed by atoms with Gasteiger partial charge in [0.05, 0.1) is 12.2 Å². The molecule has 5 nitrogen and oxygen atoms in total. The number of aromatic nitrogens is 2. The summed E-state index contributed by atoms with van der Waals surface area (Å²) in [6, 6.07) is 1.98. The van der Waals surface area contributed by atoms with E-state index >= 15 is 0 Å². The van der Waals surface area contributed by atoms with Gasteiger partial charge in [0, 0.05) is 32.8 Å². The standard InChI is InChI=1S/C11H20N4O/c1-3-6-13-11(16)9-12-7-4-10-5-8-15(2)14-10/h5,8,12H,3-4,6-7,9H2,1-2H3,(H,13,16). The number of rotatable bonds is 7. The van der Waals surface area contributed by atoms with Gasteiger partial charge < -0.3 is 10.6 Å². The van der Waals surface area contributed by atoms with Crippen LogP contribution < -0.4 is 10.6 Å². The van der Waals surface area contributed by atoms with Crippen LogP contribution in [-0.4, -0.2) is 35.3 Å². The Labute approximate surface area is 96.2 Å². The van der Waals surface area contributed by atoms with Crippen molar-refractivity contribution < 1.29 is 4.79 Å². The fraction of sp³-hybridized carbons (Fsp3) is 0.636. The second-order valence-corrected chi connectivity index (χ2v) is 3.76. The summed E-state index contributed by atoms with van der Waals surface area (Å²) in [5.41, 5.74) is 1.05. The molecule has 0 spiro atoms. The van der Waals surface area contributed by atoms with Crippen LogP contribution in [0.3, 0.4) is 0 Å². The quantitative estimate of drug-likeness (QED) is 0.645. The van der Waals surface area contributed by atoms with Gasteiger partial charge in [-0.05, 0) is 12.5 Å². The van der Waals surface area contributed by atoms with Gasteiger partial charge in [0.25, 0.3) is 0 Å². The van der Waals surface area contributed by atoms with Crippen molar-refractivity contribution in [3.8, 4) is 0 Å². The summed E-state index contributed by atoms with van der Waals surface area (Å²) in [7, 11) is 1.90. The van der Waals surface area contributed by atoms with Crippen molar-refractivity contribution in [3.63, 3.8) is 0 Å². The van der Waals surface area contributed by atoms with E-state index in [4.69, 9.17) is 0 Å². The van der Waals surface area contributed by atoms with Crippen LogP contribution in [0.4, 0.5) is 0 Å². The van der Waals surface area contributed by atoms with Gasteiger partial charge in [0.1, 0.15) is 0 Å². The lowest BCUT2D eigenvalue weighted by molar-refractivity contribution is -0.120. The van der Waals surface area contributed by atoms with Crippen LogP contribution in [0.5, 0.6) is 0 Å². The minimum atomic E-state index is 0.0582. The first kappa shape index (κ1) is 12.7. The molecular formula is C11H20N4O. The first-order valence-corrected chi connectivity index (χ1v) is 5.68. The smallest absolute Gasteiger partial charge is 0.233 e. The van der Waals surface area contributed by atoms with E-state index in [-0.39, 0.29) is 5.91 Å². The average Bonchev–Trinajstić information content (AvgIpc) is 2.67. The molecule has 5 heteroatoms. The number of hydrogen-bond acceptors (Lipinski definition) is 3. The van der Waals surface area contributed by atoms with Gasteiger partial charge in [-0.25, -0.2) is 0 Å². The third-order valence-corrected chi connectivity index (χ3v) is 2.18. The molecular weight excluding hydrogens is 204 g/mol. The molecule has 1 aromatic rings.